The highest BCUT2D eigenvalue weighted by Crippen LogP contribution is 2.18. The second-order valence-corrected chi connectivity index (χ2v) is 5.18. The van der Waals surface area contributed by atoms with Crippen LogP contribution in [0.25, 0.3) is 11.0 Å². The van der Waals surface area contributed by atoms with E-state index in [9.17, 15) is 0 Å². The highest BCUT2D eigenvalue weighted by molar-refractivity contribution is 5.74. The molecule has 0 unspecified atom stereocenters. The molecule has 0 saturated carbocycles. The lowest BCUT2D eigenvalue weighted by atomic mass is 10.1. The van der Waals surface area contributed by atoms with Crippen LogP contribution >= 0.6 is 0 Å². The molecule has 0 fully saturated rings. The van der Waals surface area contributed by atoms with Crippen LogP contribution in [-0.4, -0.2) is 19.7 Å². The number of aromatic nitrogens is 4. The molecule has 2 N–H and O–H groups in total. The zero-order valence-electron chi connectivity index (χ0n) is 11.5. The van der Waals surface area contributed by atoms with E-state index in [1.807, 2.05) is 42.7 Å². The van der Waals surface area contributed by atoms with E-state index in [0.29, 0.717) is 18.3 Å². The molecule has 3 aromatic rings. The predicted molar refractivity (Wildman–Crippen MR) is 74.9 cm³/mol. The van der Waals surface area contributed by atoms with Gasteiger partial charge >= 0.3 is 0 Å². The molecule has 20 heavy (non-hydrogen) atoms. The van der Waals surface area contributed by atoms with Crippen LogP contribution in [0.1, 0.15) is 31.6 Å². The van der Waals surface area contributed by atoms with Gasteiger partial charge in [0.15, 0.2) is 5.82 Å². The van der Waals surface area contributed by atoms with Crippen LogP contribution in [0.3, 0.4) is 0 Å². The van der Waals surface area contributed by atoms with Crippen LogP contribution in [0.5, 0.6) is 0 Å². The van der Waals surface area contributed by atoms with Crippen LogP contribution in [0.4, 0.5) is 0 Å². The molecular weight excluding hydrogens is 254 g/mol. The summed E-state index contributed by atoms with van der Waals surface area (Å²) in [4.78, 5) is 8.70. The molecule has 1 atom stereocenters. The monoisotopic (exact) mass is 271 g/mol. The van der Waals surface area contributed by atoms with E-state index < -0.39 is 0 Å². The highest BCUT2D eigenvalue weighted by Gasteiger charge is 2.18. The fraction of sp³-hybridized carbons (Fsp3) is 0.357. The summed E-state index contributed by atoms with van der Waals surface area (Å²) < 4.78 is 7.22. The van der Waals surface area contributed by atoms with Crippen LogP contribution in [-0.2, 0) is 6.54 Å². The summed E-state index contributed by atoms with van der Waals surface area (Å²) in [7, 11) is 0. The third-order valence-corrected chi connectivity index (χ3v) is 3.33. The van der Waals surface area contributed by atoms with Gasteiger partial charge in [-0.15, -0.1) is 0 Å². The van der Waals surface area contributed by atoms with Crippen molar-refractivity contribution in [1.82, 2.24) is 19.7 Å². The van der Waals surface area contributed by atoms with Crippen molar-refractivity contribution in [3.63, 3.8) is 0 Å². The van der Waals surface area contributed by atoms with Crippen molar-refractivity contribution in [3.05, 3.63) is 42.3 Å². The molecule has 104 valence electrons. The normalized spacial score (nSPS) is 13.2. The lowest BCUT2D eigenvalue weighted by Gasteiger charge is -2.09. The van der Waals surface area contributed by atoms with Gasteiger partial charge in [0.25, 0.3) is 0 Å². The van der Waals surface area contributed by atoms with E-state index in [2.05, 4.69) is 15.1 Å². The first-order chi connectivity index (χ1) is 9.65. The molecule has 6 nitrogen and oxygen atoms in total. The number of fused-ring (bicyclic) bond motifs is 1. The quantitative estimate of drug-likeness (QED) is 0.786. The van der Waals surface area contributed by atoms with E-state index in [0.717, 1.165) is 11.0 Å². The summed E-state index contributed by atoms with van der Waals surface area (Å²) in [5.74, 6) is 1.36. The summed E-state index contributed by atoms with van der Waals surface area (Å²) in [6.45, 7) is 4.57. The third-order valence-electron chi connectivity index (χ3n) is 3.33. The van der Waals surface area contributed by atoms with Gasteiger partial charge in [-0.1, -0.05) is 31.1 Å². The third kappa shape index (κ3) is 2.30. The maximum Gasteiger partial charge on any atom is 0.243 e. The van der Waals surface area contributed by atoms with Crippen molar-refractivity contribution < 1.29 is 4.52 Å². The Morgan fingerprint density at radius 3 is 2.90 bits per heavy atom. The summed E-state index contributed by atoms with van der Waals surface area (Å²) in [6.07, 6.45) is 1.78. The number of benzene rings is 1. The Bertz CT molecular complexity index is 715. The van der Waals surface area contributed by atoms with Crippen molar-refractivity contribution in [3.8, 4) is 0 Å². The molecule has 2 heterocycles. The first-order valence-corrected chi connectivity index (χ1v) is 6.63. The molecule has 0 radical (unpaired) electrons. The Balaban J connectivity index is 1.85. The zero-order valence-corrected chi connectivity index (χ0v) is 11.5. The molecule has 0 aliphatic heterocycles. The number of hydrogen-bond donors (Lipinski definition) is 1. The maximum atomic E-state index is 6.00. The number of rotatable bonds is 4. The van der Waals surface area contributed by atoms with E-state index in [1.165, 1.54) is 0 Å². The maximum absolute atomic E-state index is 6.00. The Morgan fingerprint density at radius 2 is 2.10 bits per heavy atom. The van der Waals surface area contributed by atoms with Crippen LogP contribution in [0.15, 0.2) is 35.1 Å². The Labute approximate surface area is 116 Å². The van der Waals surface area contributed by atoms with Gasteiger partial charge in [0.1, 0.15) is 0 Å². The Kier molecular flexibility index (Phi) is 3.23. The predicted octanol–water partition coefficient (Wildman–Crippen LogP) is 2.12. The van der Waals surface area contributed by atoms with E-state index in [4.69, 9.17) is 10.3 Å². The first kappa shape index (κ1) is 12.8. The van der Waals surface area contributed by atoms with Crippen molar-refractivity contribution in [1.29, 1.82) is 0 Å². The minimum absolute atomic E-state index is 0.226. The Morgan fingerprint density at radius 1 is 1.30 bits per heavy atom. The van der Waals surface area contributed by atoms with Crippen LogP contribution in [0, 0.1) is 5.92 Å². The topological polar surface area (TPSA) is 82.8 Å². The Hall–Kier alpha value is -2.21. The van der Waals surface area contributed by atoms with E-state index >= 15 is 0 Å². The minimum atomic E-state index is -0.226. The molecule has 0 spiro atoms. The number of hydrogen-bond acceptors (Lipinski definition) is 5. The molecule has 0 saturated heterocycles. The molecule has 3 rings (SSSR count). The summed E-state index contributed by atoms with van der Waals surface area (Å²) in [5, 5.41) is 3.99. The van der Waals surface area contributed by atoms with Crippen molar-refractivity contribution in [2.45, 2.75) is 26.4 Å². The SMILES string of the molecule is CC(C)[C@H](N)c1nc(Cn2cnc3ccccc32)no1. The lowest BCUT2D eigenvalue weighted by molar-refractivity contribution is 0.322. The van der Waals surface area contributed by atoms with Gasteiger partial charge in [-0.25, -0.2) is 4.98 Å². The molecule has 0 bridgehead atoms. The minimum Gasteiger partial charge on any atom is -0.338 e. The molecule has 6 heteroatoms. The zero-order chi connectivity index (χ0) is 14.1. The van der Waals surface area contributed by atoms with E-state index in [-0.39, 0.29) is 12.0 Å². The molecule has 2 aromatic heterocycles. The highest BCUT2D eigenvalue weighted by atomic mass is 16.5. The van der Waals surface area contributed by atoms with Crippen molar-refractivity contribution in [2.24, 2.45) is 11.7 Å². The van der Waals surface area contributed by atoms with Gasteiger partial charge < -0.3 is 14.8 Å². The van der Waals surface area contributed by atoms with Crippen molar-refractivity contribution in [2.75, 3.05) is 0 Å². The average molecular weight is 271 g/mol. The number of nitrogens with two attached hydrogens (primary N) is 1. The molecule has 1 aromatic carbocycles. The van der Waals surface area contributed by atoms with Crippen LogP contribution < -0.4 is 5.73 Å². The molecular formula is C14H17N5O. The number of para-hydroxylation sites is 2. The van der Waals surface area contributed by atoms with Gasteiger partial charge in [0.2, 0.25) is 5.89 Å². The summed E-state index contributed by atoms with van der Waals surface area (Å²) in [5.41, 5.74) is 8.00. The molecule has 0 amide bonds. The van der Waals surface area contributed by atoms with Crippen LogP contribution in [0.2, 0.25) is 0 Å². The van der Waals surface area contributed by atoms with Crippen molar-refractivity contribution >= 4 is 11.0 Å². The molecule has 0 aliphatic rings. The average Bonchev–Trinajstić information content (AvgIpc) is 3.06. The summed E-state index contributed by atoms with van der Waals surface area (Å²) in [6, 6.07) is 7.71. The fourth-order valence-corrected chi connectivity index (χ4v) is 2.04. The number of nitrogens with zero attached hydrogens (tertiary/aromatic N) is 4. The fourth-order valence-electron chi connectivity index (χ4n) is 2.04. The lowest BCUT2D eigenvalue weighted by Crippen LogP contribution is -2.17. The van der Waals surface area contributed by atoms with E-state index in [1.54, 1.807) is 6.33 Å². The van der Waals surface area contributed by atoms with Gasteiger partial charge in [-0.2, -0.15) is 4.98 Å². The standard InChI is InChI=1S/C14H17N5O/c1-9(2)13(15)14-17-12(18-20-14)7-19-8-16-10-5-3-4-6-11(10)19/h3-6,8-9,13H,7,15H2,1-2H3/t13-/m0/s1. The first-order valence-electron chi connectivity index (χ1n) is 6.63. The second kappa shape index (κ2) is 5.05. The molecule has 0 aliphatic carbocycles. The van der Waals surface area contributed by atoms with Gasteiger partial charge in [-0.05, 0) is 18.1 Å². The van der Waals surface area contributed by atoms with Gasteiger partial charge in [0, 0.05) is 0 Å². The van der Waals surface area contributed by atoms with Gasteiger partial charge in [0.05, 0.1) is 29.9 Å². The summed E-state index contributed by atoms with van der Waals surface area (Å²) >= 11 is 0. The largest absolute Gasteiger partial charge is 0.338 e. The number of imidazole rings is 1. The smallest absolute Gasteiger partial charge is 0.243 e. The van der Waals surface area contributed by atoms with Gasteiger partial charge in [-0.3, -0.25) is 0 Å². The second-order valence-electron chi connectivity index (χ2n) is 5.18.